The average molecular weight is 367 g/mol. The van der Waals surface area contributed by atoms with Crippen LogP contribution in [0.5, 0.6) is 0 Å². The number of rotatable bonds is 5. The summed E-state index contributed by atoms with van der Waals surface area (Å²) < 4.78 is 5.19. The highest BCUT2D eigenvalue weighted by Gasteiger charge is 2.36. The van der Waals surface area contributed by atoms with E-state index >= 15 is 0 Å². The van der Waals surface area contributed by atoms with Crippen molar-refractivity contribution in [2.45, 2.75) is 38.3 Å². The number of hydrogen-bond acceptors (Lipinski definition) is 6. The first-order valence-electron chi connectivity index (χ1n) is 9.85. The number of hydrazine groups is 1. The second-order valence-electron chi connectivity index (χ2n) is 7.64. The number of methoxy groups -OCH3 is 1. The molecule has 1 aromatic carbocycles. The Hall–Kier alpha value is -2.02. The van der Waals surface area contributed by atoms with Gasteiger partial charge in [-0.05, 0) is 36.8 Å². The second-order valence-corrected chi connectivity index (χ2v) is 7.64. The Labute approximate surface area is 161 Å². The SMILES string of the molecule is COCc1cc(N2CCC(C3NNCC3c3ccccc3C)CC2)ncn1. The van der Waals surface area contributed by atoms with Crippen LogP contribution in [0.3, 0.4) is 0 Å². The average Bonchev–Trinajstić information content (AvgIpc) is 3.18. The van der Waals surface area contributed by atoms with E-state index in [4.69, 9.17) is 4.74 Å². The molecule has 0 saturated carbocycles. The fraction of sp³-hybridized carbons (Fsp3) is 0.524. The van der Waals surface area contributed by atoms with E-state index in [2.05, 4.69) is 63.0 Å². The van der Waals surface area contributed by atoms with Gasteiger partial charge in [0.05, 0.1) is 12.3 Å². The molecule has 4 rings (SSSR count). The summed E-state index contributed by atoms with van der Waals surface area (Å²) in [5.41, 5.74) is 10.8. The van der Waals surface area contributed by atoms with Gasteiger partial charge in [0, 0.05) is 44.8 Å². The summed E-state index contributed by atoms with van der Waals surface area (Å²) in [6.07, 6.45) is 3.99. The van der Waals surface area contributed by atoms with E-state index in [1.165, 1.54) is 24.0 Å². The lowest BCUT2D eigenvalue weighted by molar-refractivity contribution is 0.181. The van der Waals surface area contributed by atoms with E-state index in [0.29, 0.717) is 24.5 Å². The van der Waals surface area contributed by atoms with Gasteiger partial charge in [-0.25, -0.2) is 9.97 Å². The Morgan fingerprint density at radius 3 is 2.78 bits per heavy atom. The number of hydrogen-bond donors (Lipinski definition) is 2. The van der Waals surface area contributed by atoms with Gasteiger partial charge in [-0.1, -0.05) is 24.3 Å². The first-order valence-corrected chi connectivity index (χ1v) is 9.85. The molecule has 3 heterocycles. The van der Waals surface area contributed by atoms with Crippen LogP contribution in [0.2, 0.25) is 0 Å². The molecule has 2 aromatic rings. The Bertz CT molecular complexity index is 760. The van der Waals surface area contributed by atoms with Crippen molar-refractivity contribution < 1.29 is 4.74 Å². The van der Waals surface area contributed by atoms with Gasteiger partial charge >= 0.3 is 0 Å². The van der Waals surface area contributed by atoms with E-state index in [9.17, 15) is 0 Å². The van der Waals surface area contributed by atoms with Crippen LogP contribution < -0.4 is 15.8 Å². The number of anilines is 1. The Morgan fingerprint density at radius 2 is 2.00 bits per heavy atom. The molecule has 2 aliphatic heterocycles. The van der Waals surface area contributed by atoms with Gasteiger partial charge in [-0.3, -0.25) is 10.9 Å². The van der Waals surface area contributed by atoms with Crippen molar-refractivity contribution in [2.24, 2.45) is 5.92 Å². The molecular weight excluding hydrogens is 338 g/mol. The molecule has 0 amide bonds. The highest BCUT2D eigenvalue weighted by Crippen LogP contribution is 2.34. The molecule has 6 heteroatoms. The van der Waals surface area contributed by atoms with Crippen LogP contribution in [0.25, 0.3) is 0 Å². The van der Waals surface area contributed by atoms with E-state index in [-0.39, 0.29) is 0 Å². The minimum Gasteiger partial charge on any atom is -0.378 e. The van der Waals surface area contributed by atoms with Gasteiger partial charge in [0.1, 0.15) is 12.1 Å². The van der Waals surface area contributed by atoms with Crippen molar-refractivity contribution in [3.8, 4) is 0 Å². The number of benzene rings is 1. The third kappa shape index (κ3) is 3.98. The fourth-order valence-corrected chi connectivity index (χ4v) is 4.54. The number of aryl methyl sites for hydroxylation is 1. The van der Waals surface area contributed by atoms with Crippen molar-refractivity contribution in [1.82, 2.24) is 20.8 Å². The van der Waals surface area contributed by atoms with E-state index in [1.807, 2.05) is 0 Å². The third-order valence-electron chi connectivity index (χ3n) is 5.99. The molecule has 0 radical (unpaired) electrons. The quantitative estimate of drug-likeness (QED) is 0.846. The Balaban J connectivity index is 1.41. The van der Waals surface area contributed by atoms with Gasteiger partial charge in [0.15, 0.2) is 0 Å². The highest BCUT2D eigenvalue weighted by atomic mass is 16.5. The van der Waals surface area contributed by atoms with Gasteiger partial charge in [0.2, 0.25) is 0 Å². The predicted octanol–water partition coefficient (Wildman–Crippen LogP) is 2.41. The maximum atomic E-state index is 5.19. The summed E-state index contributed by atoms with van der Waals surface area (Å²) in [4.78, 5) is 11.1. The van der Waals surface area contributed by atoms with Crippen molar-refractivity contribution in [1.29, 1.82) is 0 Å². The van der Waals surface area contributed by atoms with Crippen molar-refractivity contribution >= 4 is 5.82 Å². The van der Waals surface area contributed by atoms with Crippen LogP contribution in [0.1, 0.15) is 35.6 Å². The highest BCUT2D eigenvalue weighted by molar-refractivity contribution is 5.39. The Morgan fingerprint density at radius 1 is 1.19 bits per heavy atom. The summed E-state index contributed by atoms with van der Waals surface area (Å²) in [5, 5.41) is 0. The molecule has 2 aliphatic rings. The summed E-state index contributed by atoms with van der Waals surface area (Å²) >= 11 is 0. The topological polar surface area (TPSA) is 62.3 Å². The van der Waals surface area contributed by atoms with E-state index in [1.54, 1.807) is 13.4 Å². The summed E-state index contributed by atoms with van der Waals surface area (Å²) in [7, 11) is 1.70. The first kappa shape index (κ1) is 18.3. The number of aromatic nitrogens is 2. The molecule has 0 spiro atoms. The first-order chi connectivity index (χ1) is 13.3. The minimum absolute atomic E-state index is 0.489. The molecule has 1 aromatic heterocycles. The number of nitrogens with one attached hydrogen (secondary N) is 2. The summed E-state index contributed by atoms with van der Waals surface area (Å²) in [6, 6.07) is 11.3. The summed E-state index contributed by atoms with van der Waals surface area (Å²) in [5.74, 6) is 2.22. The standard InChI is InChI=1S/C21H29N5O/c1-15-5-3-4-6-18(15)19-12-24-25-21(19)16-7-9-26(10-8-16)20-11-17(13-27-2)22-14-23-20/h3-6,11,14,16,19,21,24-25H,7-10,12-13H2,1-2H3. The number of ether oxygens (including phenoxy) is 1. The molecule has 0 aliphatic carbocycles. The van der Waals surface area contributed by atoms with Crippen LogP contribution in [-0.4, -0.2) is 42.8 Å². The van der Waals surface area contributed by atoms with Crippen LogP contribution in [0.15, 0.2) is 36.7 Å². The monoisotopic (exact) mass is 367 g/mol. The van der Waals surface area contributed by atoms with Crippen molar-refractivity contribution in [3.05, 3.63) is 53.5 Å². The lowest BCUT2D eigenvalue weighted by Gasteiger charge is -2.37. The smallest absolute Gasteiger partial charge is 0.132 e. The normalized spacial score (nSPS) is 23.7. The molecule has 0 bridgehead atoms. The van der Waals surface area contributed by atoms with Gasteiger partial charge in [0.25, 0.3) is 0 Å². The van der Waals surface area contributed by atoms with Gasteiger partial charge < -0.3 is 9.64 Å². The van der Waals surface area contributed by atoms with Crippen LogP contribution >= 0.6 is 0 Å². The maximum Gasteiger partial charge on any atom is 0.132 e. The van der Waals surface area contributed by atoms with Crippen molar-refractivity contribution in [3.63, 3.8) is 0 Å². The molecule has 2 fully saturated rings. The lowest BCUT2D eigenvalue weighted by Crippen LogP contribution is -2.44. The predicted molar refractivity (Wildman–Crippen MR) is 107 cm³/mol. The third-order valence-corrected chi connectivity index (χ3v) is 5.99. The Kier molecular flexibility index (Phi) is 5.66. The number of piperidine rings is 1. The van der Waals surface area contributed by atoms with Gasteiger partial charge in [-0.15, -0.1) is 0 Å². The molecule has 2 atom stereocenters. The molecule has 2 saturated heterocycles. The summed E-state index contributed by atoms with van der Waals surface area (Å²) in [6.45, 7) is 5.82. The van der Waals surface area contributed by atoms with Crippen LogP contribution in [0.4, 0.5) is 5.82 Å². The van der Waals surface area contributed by atoms with E-state index < -0.39 is 0 Å². The van der Waals surface area contributed by atoms with E-state index in [0.717, 1.165) is 31.1 Å². The maximum absolute atomic E-state index is 5.19. The van der Waals surface area contributed by atoms with Crippen molar-refractivity contribution in [2.75, 3.05) is 31.6 Å². The largest absolute Gasteiger partial charge is 0.378 e. The van der Waals surface area contributed by atoms with Crippen LogP contribution in [-0.2, 0) is 11.3 Å². The second kappa shape index (κ2) is 8.33. The zero-order valence-electron chi connectivity index (χ0n) is 16.2. The lowest BCUT2D eigenvalue weighted by atomic mass is 9.79. The van der Waals surface area contributed by atoms with Gasteiger partial charge in [-0.2, -0.15) is 0 Å². The zero-order valence-corrected chi connectivity index (χ0v) is 16.2. The van der Waals surface area contributed by atoms with Crippen LogP contribution in [0, 0.1) is 12.8 Å². The minimum atomic E-state index is 0.489. The molecule has 2 N–H and O–H groups in total. The molecular formula is C21H29N5O. The fourth-order valence-electron chi connectivity index (χ4n) is 4.54. The molecule has 2 unspecified atom stereocenters. The zero-order chi connectivity index (χ0) is 18.6. The molecule has 27 heavy (non-hydrogen) atoms. The number of nitrogens with zero attached hydrogens (tertiary/aromatic N) is 3. The molecule has 6 nitrogen and oxygen atoms in total. The molecule has 144 valence electrons.